The second kappa shape index (κ2) is 5.77. The first kappa shape index (κ1) is 13.9. The standard InChI is InChI=1S/C14H19ClN2O3/c15-10-6-9(7-12-14(10)20-5-4-19-12)13(18)11(16)8-17-2-1-3-17/h6-7,11,13,18H,1-5,8,16H2/t11-,13?/m1/s1. The van der Waals surface area contributed by atoms with Gasteiger partial charge in [0.05, 0.1) is 11.1 Å². The van der Waals surface area contributed by atoms with E-state index in [-0.39, 0.29) is 6.04 Å². The molecule has 2 aliphatic rings. The van der Waals surface area contributed by atoms with E-state index in [0.717, 1.165) is 13.1 Å². The minimum absolute atomic E-state index is 0.339. The summed E-state index contributed by atoms with van der Waals surface area (Å²) in [6.07, 6.45) is 0.447. The highest BCUT2D eigenvalue weighted by Gasteiger charge is 2.25. The van der Waals surface area contributed by atoms with Gasteiger partial charge in [-0.05, 0) is 37.2 Å². The summed E-state index contributed by atoms with van der Waals surface area (Å²) in [5.41, 5.74) is 6.75. The smallest absolute Gasteiger partial charge is 0.179 e. The van der Waals surface area contributed by atoms with Crippen molar-refractivity contribution in [2.75, 3.05) is 32.8 Å². The van der Waals surface area contributed by atoms with E-state index >= 15 is 0 Å². The number of aliphatic hydroxyl groups is 1. The van der Waals surface area contributed by atoms with Crippen LogP contribution in [-0.2, 0) is 0 Å². The Hall–Kier alpha value is -1.01. The van der Waals surface area contributed by atoms with Gasteiger partial charge < -0.3 is 25.2 Å². The minimum Gasteiger partial charge on any atom is -0.486 e. The van der Waals surface area contributed by atoms with Gasteiger partial charge in [-0.2, -0.15) is 0 Å². The van der Waals surface area contributed by atoms with Gasteiger partial charge in [0.15, 0.2) is 11.5 Å². The number of hydrogen-bond acceptors (Lipinski definition) is 5. The zero-order chi connectivity index (χ0) is 14.1. The Morgan fingerprint density at radius 3 is 2.75 bits per heavy atom. The maximum atomic E-state index is 10.4. The van der Waals surface area contributed by atoms with Gasteiger partial charge in [-0.15, -0.1) is 0 Å². The van der Waals surface area contributed by atoms with Gasteiger partial charge in [0.1, 0.15) is 13.2 Å². The SMILES string of the molecule is N[C@H](CN1CCC1)C(O)c1cc(Cl)c2c(c1)OCCO2. The molecule has 0 saturated carbocycles. The molecule has 2 atom stereocenters. The number of aliphatic hydroxyl groups excluding tert-OH is 1. The summed E-state index contributed by atoms with van der Waals surface area (Å²) >= 11 is 6.17. The summed E-state index contributed by atoms with van der Waals surface area (Å²) in [5.74, 6) is 1.12. The van der Waals surface area contributed by atoms with Crippen molar-refractivity contribution in [1.29, 1.82) is 0 Å². The Kier molecular flexibility index (Phi) is 4.03. The maximum Gasteiger partial charge on any atom is 0.179 e. The van der Waals surface area contributed by atoms with E-state index in [4.69, 9.17) is 26.8 Å². The third-order valence-corrected chi connectivity index (χ3v) is 4.06. The molecule has 0 aliphatic carbocycles. The molecule has 1 unspecified atom stereocenters. The average Bonchev–Trinajstić information content (AvgIpc) is 2.41. The van der Waals surface area contributed by atoms with Crippen LogP contribution < -0.4 is 15.2 Å². The number of halogens is 1. The lowest BCUT2D eigenvalue weighted by Gasteiger charge is -2.34. The van der Waals surface area contributed by atoms with Crippen molar-refractivity contribution in [1.82, 2.24) is 4.90 Å². The molecule has 20 heavy (non-hydrogen) atoms. The lowest BCUT2D eigenvalue weighted by atomic mass is 10.0. The van der Waals surface area contributed by atoms with Crippen LogP contribution in [0.15, 0.2) is 12.1 Å². The predicted molar refractivity (Wildman–Crippen MR) is 76.4 cm³/mol. The van der Waals surface area contributed by atoms with Crippen LogP contribution in [-0.4, -0.2) is 48.9 Å². The van der Waals surface area contributed by atoms with Crippen molar-refractivity contribution < 1.29 is 14.6 Å². The molecule has 6 heteroatoms. The molecule has 5 nitrogen and oxygen atoms in total. The zero-order valence-corrected chi connectivity index (χ0v) is 12.0. The van der Waals surface area contributed by atoms with E-state index in [1.807, 2.05) is 0 Å². The number of nitrogens with two attached hydrogens (primary N) is 1. The molecule has 1 aromatic carbocycles. The summed E-state index contributed by atoms with van der Waals surface area (Å²) in [5, 5.41) is 10.8. The monoisotopic (exact) mass is 298 g/mol. The first-order valence-corrected chi connectivity index (χ1v) is 7.28. The average molecular weight is 299 g/mol. The highest BCUT2D eigenvalue weighted by molar-refractivity contribution is 6.32. The van der Waals surface area contributed by atoms with Gasteiger partial charge in [0, 0.05) is 12.6 Å². The van der Waals surface area contributed by atoms with Crippen molar-refractivity contribution in [3.8, 4) is 11.5 Å². The van der Waals surface area contributed by atoms with E-state index in [0.29, 0.717) is 41.8 Å². The van der Waals surface area contributed by atoms with Crippen LogP contribution in [0, 0.1) is 0 Å². The van der Waals surface area contributed by atoms with Crippen molar-refractivity contribution in [2.45, 2.75) is 18.6 Å². The van der Waals surface area contributed by atoms with Gasteiger partial charge >= 0.3 is 0 Å². The van der Waals surface area contributed by atoms with E-state index in [1.54, 1.807) is 12.1 Å². The molecule has 0 aromatic heterocycles. The lowest BCUT2D eigenvalue weighted by Crippen LogP contribution is -2.47. The summed E-state index contributed by atoms with van der Waals surface area (Å²) in [7, 11) is 0. The highest BCUT2D eigenvalue weighted by Crippen LogP contribution is 2.40. The number of fused-ring (bicyclic) bond motifs is 1. The van der Waals surface area contributed by atoms with Crippen LogP contribution in [0.5, 0.6) is 11.5 Å². The fourth-order valence-corrected chi connectivity index (χ4v) is 2.78. The van der Waals surface area contributed by atoms with E-state index in [9.17, 15) is 5.11 Å². The summed E-state index contributed by atoms with van der Waals surface area (Å²) in [6.45, 7) is 3.78. The quantitative estimate of drug-likeness (QED) is 0.873. The van der Waals surface area contributed by atoms with Crippen LogP contribution >= 0.6 is 11.6 Å². The zero-order valence-electron chi connectivity index (χ0n) is 11.2. The summed E-state index contributed by atoms with van der Waals surface area (Å²) in [4.78, 5) is 2.23. The van der Waals surface area contributed by atoms with Gasteiger partial charge in [-0.1, -0.05) is 11.6 Å². The molecule has 0 amide bonds. The molecule has 110 valence electrons. The Labute approximate surface area is 123 Å². The first-order valence-electron chi connectivity index (χ1n) is 6.90. The maximum absolute atomic E-state index is 10.4. The number of rotatable bonds is 4. The van der Waals surface area contributed by atoms with Crippen molar-refractivity contribution in [3.05, 3.63) is 22.7 Å². The van der Waals surface area contributed by atoms with Gasteiger partial charge in [-0.3, -0.25) is 0 Å². The number of benzene rings is 1. The Bertz CT molecular complexity index is 494. The number of likely N-dealkylation sites (tertiary alicyclic amines) is 1. The largest absolute Gasteiger partial charge is 0.486 e. The number of hydrogen-bond donors (Lipinski definition) is 2. The molecule has 0 radical (unpaired) electrons. The molecule has 0 spiro atoms. The van der Waals surface area contributed by atoms with Crippen LogP contribution in [0.4, 0.5) is 0 Å². The minimum atomic E-state index is -0.760. The third kappa shape index (κ3) is 2.72. The molecular formula is C14H19ClN2O3. The van der Waals surface area contributed by atoms with Gasteiger partial charge in [-0.25, -0.2) is 0 Å². The summed E-state index contributed by atoms with van der Waals surface area (Å²) < 4.78 is 11.0. The Balaban J connectivity index is 1.76. The van der Waals surface area contributed by atoms with E-state index in [2.05, 4.69) is 4.90 Å². The number of nitrogens with zero attached hydrogens (tertiary/aromatic N) is 1. The number of ether oxygens (including phenoxy) is 2. The second-order valence-electron chi connectivity index (χ2n) is 5.29. The van der Waals surface area contributed by atoms with Gasteiger partial charge in [0.25, 0.3) is 0 Å². The molecule has 1 fully saturated rings. The Morgan fingerprint density at radius 2 is 2.05 bits per heavy atom. The van der Waals surface area contributed by atoms with Crippen LogP contribution in [0.1, 0.15) is 18.1 Å². The molecule has 1 aromatic rings. The van der Waals surface area contributed by atoms with Crippen LogP contribution in [0.25, 0.3) is 0 Å². The molecular weight excluding hydrogens is 280 g/mol. The lowest BCUT2D eigenvalue weighted by molar-refractivity contribution is 0.0949. The molecule has 3 rings (SSSR count). The van der Waals surface area contributed by atoms with Crippen molar-refractivity contribution in [3.63, 3.8) is 0 Å². The molecule has 2 aliphatic heterocycles. The van der Waals surface area contributed by atoms with Crippen molar-refractivity contribution >= 4 is 11.6 Å². The van der Waals surface area contributed by atoms with E-state index < -0.39 is 6.10 Å². The normalized spacial score (nSPS) is 21.1. The fraction of sp³-hybridized carbons (Fsp3) is 0.571. The van der Waals surface area contributed by atoms with E-state index in [1.165, 1.54) is 6.42 Å². The van der Waals surface area contributed by atoms with Crippen LogP contribution in [0.3, 0.4) is 0 Å². The molecule has 2 heterocycles. The molecule has 0 bridgehead atoms. The molecule has 1 saturated heterocycles. The highest BCUT2D eigenvalue weighted by atomic mass is 35.5. The second-order valence-corrected chi connectivity index (χ2v) is 5.70. The fourth-order valence-electron chi connectivity index (χ4n) is 2.51. The first-order chi connectivity index (χ1) is 9.65. The van der Waals surface area contributed by atoms with Crippen molar-refractivity contribution in [2.24, 2.45) is 5.73 Å². The summed E-state index contributed by atoms with van der Waals surface area (Å²) in [6, 6.07) is 3.13. The van der Waals surface area contributed by atoms with Crippen LogP contribution in [0.2, 0.25) is 5.02 Å². The Morgan fingerprint density at radius 1 is 1.30 bits per heavy atom. The predicted octanol–water partition coefficient (Wildman–Crippen LogP) is 1.18. The van der Waals surface area contributed by atoms with Gasteiger partial charge in [0.2, 0.25) is 0 Å². The third-order valence-electron chi connectivity index (χ3n) is 3.78. The topological polar surface area (TPSA) is 68.0 Å². The molecule has 3 N–H and O–H groups in total.